The van der Waals surface area contributed by atoms with Gasteiger partial charge in [0.2, 0.25) is 0 Å². The minimum atomic E-state index is -0.0120. The molecule has 0 unspecified atom stereocenters. The summed E-state index contributed by atoms with van der Waals surface area (Å²) in [4.78, 5) is 15.7. The first-order chi connectivity index (χ1) is 28.0. The summed E-state index contributed by atoms with van der Waals surface area (Å²) in [6.07, 6.45) is 0. The third-order valence-corrected chi connectivity index (χ3v) is 11.4. The highest BCUT2D eigenvalue weighted by Crippen LogP contribution is 2.43. The molecule has 0 N–H and O–H groups in total. The quantitative estimate of drug-likeness (QED) is 0.176. The van der Waals surface area contributed by atoms with Crippen LogP contribution < -0.4 is 0 Å². The lowest BCUT2D eigenvalue weighted by Gasteiger charge is -2.19. The largest absolute Gasteiger partial charge is 0.456 e. The highest BCUT2D eigenvalue weighted by atomic mass is 16.3. The molecule has 5 nitrogen and oxygen atoms in total. The van der Waals surface area contributed by atoms with Crippen molar-refractivity contribution >= 4 is 43.7 Å². The second-order valence-corrected chi connectivity index (χ2v) is 17.3. The minimum Gasteiger partial charge on any atom is -0.456 e. The summed E-state index contributed by atoms with van der Waals surface area (Å²) in [7, 11) is 0. The third-order valence-electron chi connectivity index (χ3n) is 11.4. The van der Waals surface area contributed by atoms with Gasteiger partial charge in [-0.25, -0.2) is 15.0 Å². The zero-order valence-electron chi connectivity index (χ0n) is 33.7. The van der Waals surface area contributed by atoms with Crippen molar-refractivity contribution < 1.29 is 4.42 Å². The molecule has 0 amide bonds. The topological polar surface area (TPSA) is 56.7 Å². The average molecular weight is 753 g/mol. The Hall–Kier alpha value is -6.85. The van der Waals surface area contributed by atoms with Gasteiger partial charge < -0.3 is 8.98 Å². The van der Waals surface area contributed by atoms with Crippen molar-refractivity contribution in [3.63, 3.8) is 0 Å². The van der Waals surface area contributed by atoms with Crippen molar-refractivity contribution in [1.29, 1.82) is 0 Å². The predicted octanol–water partition coefficient (Wildman–Crippen LogP) is 14.1. The van der Waals surface area contributed by atoms with Crippen molar-refractivity contribution in [1.82, 2.24) is 19.5 Å². The molecule has 0 aliphatic rings. The molecule has 0 saturated heterocycles. The van der Waals surface area contributed by atoms with E-state index in [-0.39, 0.29) is 10.8 Å². The van der Waals surface area contributed by atoms with Gasteiger partial charge in [-0.1, -0.05) is 151 Å². The molecular weight excluding hydrogens is 709 g/mol. The Labute approximate surface area is 338 Å². The van der Waals surface area contributed by atoms with Crippen LogP contribution in [0.1, 0.15) is 52.7 Å². The van der Waals surface area contributed by atoms with Crippen LogP contribution in [0.4, 0.5) is 0 Å². The summed E-state index contributed by atoms with van der Waals surface area (Å²) < 4.78 is 8.78. The summed E-state index contributed by atoms with van der Waals surface area (Å²) in [6, 6.07) is 55.6. The number of hydrogen-bond acceptors (Lipinski definition) is 4. The molecule has 0 bridgehead atoms. The molecule has 0 atom stereocenters. The van der Waals surface area contributed by atoms with Crippen LogP contribution >= 0.6 is 0 Å². The molecule has 10 rings (SSSR count). The van der Waals surface area contributed by atoms with Crippen molar-refractivity contribution in [2.24, 2.45) is 0 Å². The van der Waals surface area contributed by atoms with E-state index in [1.54, 1.807) is 0 Å². The maximum Gasteiger partial charge on any atom is 0.166 e. The highest BCUT2D eigenvalue weighted by Gasteiger charge is 2.24. The standard InChI is InChI=1S/C53H44N4O/c1-52(2,3)36-25-28-43-40(31-36)41-32-37(53(4,5)6)26-29-44(41)57(43)45-27-24-35(38-21-15-23-47-48(38)39-20-13-14-22-46(39)58-47)30-42(45)51-55-49(33-16-9-7-10-17-33)54-50(56-51)34-18-11-8-12-19-34/h7-32H,1-6H3. The van der Waals surface area contributed by atoms with Crippen LogP contribution in [0.15, 0.2) is 162 Å². The second kappa shape index (κ2) is 13.4. The van der Waals surface area contributed by atoms with Crippen LogP contribution in [0.3, 0.4) is 0 Å². The molecule has 7 aromatic carbocycles. The molecule has 10 aromatic rings. The number of aromatic nitrogens is 4. The SMILES string of the molecule is CC(C)(C)c1ccc2c(c1)c1cc(C(C)(C)C)ccc1n2-c1ccc(-c2cccc3oc4ccccc4c23)cc1-c1nc(-c2ccccc2)nc(-c2ccccc2)n1. The lowest BCUT2D eigenvalue weighted by atomic mass is 9.85. The van der Waals surface area contributed by atoms with Crippen molar-refractivity contribution in [2.75, 3.05) is 0 Å². The van der Waals surface area contributed by atoms with Gasteiger partial charge in [-0.15, -0.1) is 0 Å². The first-order valence-electron chi connectivity index (χ1n) is 20.0. The number of benzene rings is 7. The molecule has 0 saturated carbocycles. The van der Waals surface area contributed by atoms with Crippen LogP contribution in [-0.4, -0.2) is 19.5 Å². The highest BCUT2D eigenvalue weighted by molar-refractivity contribution is 6.13. The Morgan fingerprint density at radius 3 is 1.53 bits per heavy atom. The van der Waals surface area contributed by atoms with Gasteiger partial charge >= 0.3 is 0 Å². The average Bonchev–Trinajstić information content (AvgIpc) is 3.78. The summed E-state index contributed by atoms with van der Waals surface area (Å²) >= 11 is 0. The zero-order valence-corrected chi connectivity index (χ0v) is 33.7. The molecule has 3 heterocycles. The van der Waals surface area contributed by atoms with E-state index in [1.165, 1.54) is 21.9 Å². The van der Waals surface area contributed by atoms with E-state index in [4.69, 9.17) is 19.4 Å². The van der Waals surface area contributed by atoms with E-state index in [1.807, 2.05) is 54.6 Å². The summed E-state index contributed by atoms with van der Waals surface area (Å²) in [5.41, 5.74) is 12.4. The lowest BCUT2D eigenvalue weighted by molar-refractivity contribution is 0.590. The van der Waals surface area contributed by atoms with Gasteiger partial charge in [0.25, 0.3) is 0 Å². The first-order valence-corrected chi connectivity index (χ1v) is 20.0. The molecular formula is C53H44N4O. The van der Waals surface area contributed by atoms with Crippen LogP contribution in [0.2, 0.25) is 0 Å². The van der Waals surface area contributed by atoms with E-state index < -0.39 is 0 Å². The van der Waals surface area contributed by atoms with Gasteiger partial charge in [0.05, 0.1) is 16.7 Å². The molecule has 0 aliphatic heterocycles. The molecule has 0 spiro atoms. The summed E-state index contributed by atoms with van der Waals surface area (Å²) in [5, 5.41) is 4.62. The van der Waals surface area contributed by atoms with E-state index in [9.17, 15) is 0 Å². The molecule has 58 heavy (non-hydrogen) atoms. The normalized spacial score (nSPS) is 12.3. The van der Waals surface area contributed by atoms with Crippen LogP contribution in [0.25, 0.3) is 94.7 Å². The number of rotatable bonds is 5. The molecule has 0 aliphatic carbocycles. The Bertz CT molecular complexity index is 3050. The Morgan fingerprint density at radius 2 is 0.948 bits per heavy atom. The van der Waals surface area contributed by atoms with E-state index in [2.05, 4.69) is 149 Å². The van der Waals surface area contributed by atoms with Gasteiger partial charge in [-0.2, -0.15) is 0 Å². The maximum atomic E-state index is 6.37. The molecule has 282 valence electrons. The van der Waals surface area contributed by atoms with Crippen LogP contribution in [0.5, 0.6) is 0 Å². The Balaban J connectivity index is 1.31. The van der Waals surface area contributed by atoms with E-state index in [0.717, 1.165) is 66.5 Å². The van der Waals surface area contributed by atoms with Gasteiger partial charge in [0.1, 0.15) is 11.2 Å². The number of fused-ring (bicyclic) bond motifs is 6. The fourth-order valence-electron chi connectivity index (χ4n) is 8.24. The van der Waals surface area contributed by atoms with Gasteiger partial charge in [0, 0.05) is 38.2 Å². The predicted molar refractivity (Wildman–Crippen MR) is 241 cm³/mol. The molecule has 5 heteroatoms. The van der Waals surface area contributed by atoms with Crippen molar-refractivity contribution in [3.05, 3.63) is 169 Å². The molecule has 0 radical (unpaired) electrons. The number of nitrogens with zero attached hydrogens (tertiary/aromatic N) is 4. The maximum absolute atomic E-state index is 6.37. The van der Waals surface area contributed by atoms with Crippen LogP contribution in [0, 0.1) is 0 Å². The van der Waals surface area contributed by atoms with Gasteiger partial charge in [0.15, 0.2) is 17.5 Å². The molecule has 0 fully saturated rings. The van der Waals surface area contributed by atoms with Gasteiger partial charge in [-0.3, -0.25) is 0 Å². The van der Waals surface area contributed by atoms with E-state index >= 15 is 0 Å². The van der Waals surface area contributed by atoms with Gasteiger partial charge in [-0.05, 0) is 81.6 Å². The lowest BCUT2D eigenvalue weighted by Crippen LogP contribution is -2.10. The third kappa shape index (κ3) is 6.06. The summed E-state index contributed by atoms with van der Waals surface area (Å²) in [6.45, 7) is 13.7. The van der Waals surface area contributed by atoms with E-state index in [0.29, 0.717) is 17.5 Å². The zero-order chi connectivity index (χ0) is 39.8. The smallest absolute Gasteiger partial charge is 0.166 e. The monoisotopic (exact) mass is 752 g/mol. The van der Waals surface area contributed by atoms with Crippen molar-refractivity contribution in [2.45, 2.75) is 52.4 Å². The number of para-hydroxylation sites is 1. The first kappa shape index (κ1) is 35.6. The fourth-order valence-corrected chi connectivity index (χ4v) is 8.24. The Morgan fingerprint density at radius 1 is 0.414 bits per heavy atom. The van der Waals surface area contributed by atoms with Crippen molar-refractivity contribution in [3.8, 4) is 51.0 Å². The summed E-state index contributed by atoms with van der Waals surface area (Å²) in [5.74, 6) is 1.84. The second-order valence-electron chi connectivity index (χ2n) is 17.3. The Kier molecular flexibility index (Phi) is 8.20. The minimum absolute atomic E-state index is 0.0120. The molecule has 3 aromatic heterocycles. The van der Waals surface area contributed by atoms with Crippen LogP contribution in [-0.2, 0) is 10.8 Å². The number of furan rings is 1. The number of hydrogen-bond donors (Lipinski definition) is 0. The fraction of sp³-hybridized carbons (Fsp3) is 0.151.